The first kappa shape index (κ1) is 26.0. The summed E-state index contributed by atoms with van der Waals surface area (Å²) < 4.78 is 5.30. The first-order chi connectivity index (χ1) is 14.3. The van der Waals surface area contributed by atoms with Crippen molar-refractivity contribution in [2.24, 2.45) is 5.92 Å². The first-order valence-corrected chi connectivity index (χ1v) is 10.4. The minimum atomic E-state index is -0.955. The number of carbonyl (C=O) groups is 3. The Hall–Kier alpha value is -3.01. The van der Waals surface area contributed by atoms with E-state index in [9.17, 15) is 14.4 Å². The Morgan fingerprint density at radius 3 is 2.13 bits per heavy atom. The Kier molecular flexibility index (Phi) is 9.11. The molecule has 1 rings (SSSR count). The molecule has 1 aromatic carbocycles. The van der Waals surface area contributed by atoms with Gasteiger partial charge in [-0.15, -0.1) is 6.42 Å². The molecule has 0 aliphatic rings. The Bertz CT molecular complexity index is 834. The quantitative estimate of drug-likeness (QED) is 0.652. The van der Waals surface area contributed by atoms with Crippen LogP contribution in [-0.2, 0) is 14.3 Å². The zero-order chi connectivity index (χ0) is 23.9. The molecule has 7 heteroatoms. The normalized spacial score (nSPS) is 13.2. The van der Waals surface area contributed by atoms with E-state index in [1.54, 1.807) is 45.0 Å². The van der Waals surface area contributed by atoms with Crippen molar-refractivity contribution < 1.29 is 19.1 Å². The van der Waals surface area contributed by atoms with Crippen LogP contribution in [0.4, 0.5) is 4.79 Å². The number of amides is 3. The Morgan fingerprint density at radius 2 is 1.65 bits per heavy atom. The number of nitrogens with zero attached hydrogens (tertiary/aromatic N) is 1. The zero-order valence-corrected chi connectivity index (χ0v) is 19.8. The van der Waals surface area contributed by atoms with Gasteiger partial charge >= 0.3 is 6.09 Å². The molecule has 2 N–H and O–H groups in total. The van der Waals surface area contributed by atoms with Crippen molar-refractivity contribution >= 4 is 17.9 Å². The highest BCUT2D eigenvalue weighted by Gasteiger charge is 2.36. The van der Waals surface area contributed by atoms with Crippen LogP contribution in [0.1, 0.15) is 65.6 Å². The number of hydrogen-bond acceptors (Lipinski definition) is 4. The number of alkyl carbamates (subject to hydrolysis) is 1. The molecule has 3 amide bonds. The highest BCUT2D eigenvalue weighted by atomic mass is 16.6. The summed E-state index contributed by atoms with van der Waals surface area (Å²) in [6.45, 7) is 12.5. The average molecular weight is 430 g/mol. The van der Waals surface area contributed by atoms with Crippen LogP contribution in [0.25, 0.3) is 0 Å². The number of terminal acetylenes is 1. The van der Waals surface area contributed by atoms with Crippen molar-refractivity contribution in [1.29, 1.82) is 0 Å². The molecule has 0 saturated carbocycles. The molecule has 0 saturated heterocycles. The Labute approximate surface area is 185 Å². The molecular formula is C24H35N3O4. The molecule has 0 spiro atoms. The van der Waals surface area contributed by atoms with Crippen molar-refractivity contribution in [3.63, 3.8) is 0 Å². The van der Waals surface area contributed by atoms with Crippen LogP contribution in [0, 0.1) is 18.3 Å². The summed E-state index contributed by atoms with van der Waals surface area (Å²) in [6, 6.07) is 5.03. The Balaban J connectivity index is 3.31. The van der Waals surface area contributed by atoms with Gasteiger partial charge in [-0.05, 0) is 52.2 Å². The van der Waals surface area contributed by atoms with Gasteiger partial charge in [-0.3, -0.25) is 9.59 Å². The van der Waals surface area contributed by atoms with Gasteiger partial charge in [-0.2, -0.15) is 0 Å². The molecular weight excluding hydrogens is 394 g/mol. The summed E-state index contributed by atoms with van der Waals surface area (Å²) in [5, 5.41) is 5.50. The fourth-order valence-corrected chi connectivity index (χ4v) is 3.05. The maximum absolute atomic E-state index is 13.4. The average Bonchev–Trinajstić information content (AvgIpc) is 2.63. The van der Waals surface area contributed by atoms with Gasteiger partial charge in [0, 0.05) is 18.7 Å². The molecule has 31 heavy (non-hydrogen) atoms. The van der Waals surface area contributed by atoms with Gasteiger partial charge < -0.3 is 20.3 Å². The summed E-state index contributed by atoms with van der Waals surface area (Å²) in [6.07, 6.45) is 4.95. The number of rotatable bonds is 7. The second kappa shape index (κ2) is 10.9. The topological polar surface area (TPSA) is 87.7 Å². The molecule has 0 fully saturated rings. The molecule has 170 valence electrons. The van der Waals surface area contributed by atoms with Gasteiger partial charge in [0.25, 0.3) is 0 Å². The van der Waals surface area contributed by atoms with Crippen LogP contribution in [0.3, 0.4) is 0 Å². The first-order valence-electron chi connectivity index (χ1n) is 10.4. The van der Waals surface area contributed by atoms with E-state index in [0.29, 0.717) is 11.1 Å². The summed E-state index contributed by atoms with van der Waals surface area (Å²) in [5.74, 6) is 1.57. The van der Waals surface area contributed by atoms with E-state index in [-0.39, 0.29) is 17.9 Å². The number of benzene rings is 1. The molecule has 0 aliphatic heterocycles. The monoisotopic (exact) mass is 429 g/mol. The van der Waals surface area contributed by atoms with Crippen LogP contribution in [0.15, 0.2) is 24.3 Å². The minimum Gasteiger partial charge on any atom is -0.444 e. The second-order valence-electron chi connectivity index (χ2n) is 9.11. The van der Waals surface area contributed by atoms with Gasteiger partial charge in [0.2, 0.25) is 11.8 Å². The summed E-state index contributed by atoms with van der Waals surface area (Å²) in [5.41, 5.74) is 0.359. The predicted octanol–water partition coefficient (Wildman–Crippen LogP) is 3.24. The molecule has 1 aromatic rings. The molecule has 2 unspecified atom stereocenters. The third-order valence-corrected chi connectivity index (χ3v) is 4.43. The number of nitrogens with one attached hydrogen (secondary N) is 2. The van der Waals surface area contributed by atoms with E-state index in [2.05, 4.69) is 16.6 Å². The lowest BCUT2D eigenvalue weighted by molar-refractivity contribution is -0.141. The lowest BCUT2D eigenvalue weighted by atomic mass is 9.96. The Morgan fingerprint density at radius 1 is 1.06 bits per heavy atom. The highest BCUT2D eigenvalue weighted by Crippen LogP contribution is 2.25. The van der Waals surface area contributed by atoms with Gasteiger partial charge in [0.15, 0.2) is 0 Å². The van der Waals surface area contributed by atoms with Crippen molar-refractivity contribution in [3.8, 4) is 12.3 Å². The molecule has 7 nitrogen and oxygen atoms in total. The van der Waals surface area contributed by atoms with Crippen LogP contribution in [0.2, 0.25) is 0 Å². The number of likely N-dealkylation sites (N-methyl/N-ethyl adjacent to an activating group) is 1. The maximum atomic E-state index is 13.4. The fraction of sp³-hybridized carbons (Fsp3) is 0.542. The predicted molar refractivity (Wildman–Crippen MR) is 121 cm³/mol. The van der Waals surface area contributed by atoms with Gasteiger partial charge in [-0.1, -0.05) is 38.0 Å². The smallest absolute Gasteiger partial charge is 0.408 e. The highest BCUT2D eigenvalue weighted by molar-refractivity contribution is 5.92. The van der Waals surface area contributed by atoms with Crippen molar-refractivity contribution in [2.75, 3.05) is 7.05 Å². The lowest BCUT2D eigenvalue weighted by Gasteiger charge is -2.33. The van der Waals surface area contributed by atoms with E-state index < -0.39 is 29.7 Å². The zero-order valence-electron chi connectivity index (χ0n) is 19.8. The fourth-order valence-electron chi connectivity index (χ4n) is 3.05. The largest absolute Gasteiger partial charge is 0.444 e. The molecule has 0 heterocycles. The molecule has 0 radical (unpaired) electrons. The SMILES string of the molecule is C#Cc1ccccc1C(C(=O)NC(C)C)N(C)C(=O)C(NC(=O)OC(C)(C)C)C(C)C. The van der Waals surface area contributed by atoms with E-state index in [0.717, 1.165) is 0 Å². The summed E-state index contributed by atoms with van der Waals surface area (Å²) >= 11 is 0. The van der Waals surface area contributed by atoms with Crippen molar-refractivity contribution in [3.05, 3.63) is 35.4 Å². The van der Waals surface area contributed by atoms with E-state index in [4.69, 9.17) is 11.2 Å². The van der Waals surface area contributed by atoms with Crippen LogP contribution in [0.5, 0.6) is 0 Å². The van der Waals surface area contributed by atoms with E-state index >= 15 is 0 Å². The number of hydrogen-bond donors (Lipinski definition) is 2. The van der Waals surface area contributed by atoms with E-state index in [1.807, 2.05) is 27.7 Å². The standard InChI is InChI=1S/C24H35N3O4/c1-10-17-13-11-12-14-18(17)20(21(28)25-16(4)5)27(9)22(29)19(15(2)3)26-23(30)31-24(6,7)8/h1,11-16,19-20H,2-9H3,(H,25,28)(H,26,30). The summed E-state index contributed by atoms with van der Waals surface area (Å²) in [7, 11) is 1.53. The molecule has 2 atom stereocenters. The van der Waals surface area contributed by atoms with Gasteiger partial charge in [0.1, 0.15) is 17.7 Å². The maximum Gasteiger partial charge on any atom is 0.408 e. The van der Waals surface area contributed by atoms with Crippen LogP contribution in [-0.4, -0.2) is 47.5 Å². The van der Waals surface area contributed by atoms with Crippen LogP contribution < -0.4 is 10.6 Å². The lowest BCUT2D eigenvalue weighted by Crippen LogP contribution is -2.54. The van der Waals surface area contributed by atoms with Crippen molar-refractivity contribution in [2.45, 2.75) is 72.2 Å². The number of ether oxygens (including phenoxy) is 1. The van der Waals surface area contributed by atoms with E-state index in [1.165, 1.54) is 11.9 Å². The molecule has 0 aromatic heterocycles. The van der Waals surface area contributed by atoms with Gasteiger partial charge in [-0.25, -0.2) is 4.79 Å². The van der Waals surface area contributed by atoms with Crippen molar-refractivity contribution in [1.82, 2.24) is 15.5 Å². The summed E-state index contributed by atoms with van der Waals surface area (Å²) in [4.78, 5) is 40.1. The third-order valence-electron chi connectivity index (χ3n) is 4.43. The third kappa shape index (κ3) is 7.63. The second-order valence-corrected chi connectivity index (χ2v) is 9.11. The van der Waals surface area contributed by atoms with Crippen LogP contribution >= 0.6 is 0 Å². The minimum absolute atomic E-state index is 0.128. The van der Waals surface area contributed by atoms with Gasteiger partial charge in [0.05, 0.1) is 0 Å². The molecule has 0 bridgehead atoms. The molecule has 0 aliphatic carbocycles. The number of carbonyl (C=O) groups excluding carboxylic acids is 3.